The van der Waals surface area contributed by atoms with Crippen molar-refractivity contribution in [3.05, 3.63) is 28.7 Å². The lowest BCUT2D eigenvalue weighted by Crippen LogP contribution is -2.50. The van der Waals surface area contributed by atoms with Crippen LogP contribution in [0.3, 0.4) is 0 Å². The number of halogens is 1. The predicted molar refractivity (Wildman–Crippen MR) is 101 cm³/mol. The maximum absolute atomic E-state index is 12.3. The van der Waals surface area contributed by atoms with Gasteiger partial charge in [0, 0.05) is 50.2 Å². The SMILES string of the molecule is O=C(CCCOc1cccc(Br)c1)N1CCN(CC2CCCO2)CC1. The zero-order chi connectivity index (χ0) is 17.5. The summed E-state index contributed by atoms with van der Waals surface area (Å²) in [5, 5.41) is 0. The molecule has 1 atom stereocenters. The summed E-state index contributed by atoms with van der Waals surface area (Å²) in [5.41, 5.74) is 0. The molecule has 2 aliphatic heterocycles. The lowest BCUT2D eigenvalue weighted by atomic mass is 10.2. The number of hydrogen-bond donors (Lipinski definition) is 0. The number of benzene rings is 1. The second kappa shape index (κ2) is 9.55. The number of nitrogens with zero attached hydrogens (tertiary/aromatic N) is 2. The van der Waals surface area contributed by atoms with Crippen LogP contribution in [0.1, 0.15) is 25.7 Å². The Bertz CT molecular complexity index is 555. The molecule has 25 heavy (non-hydrogen) atoms. The molecule has 0 aliphatic carbocycles. The average Bonchev–Trinajstić information content (AvgIpc) is 3.12. The van der Waals surface area contributed by atoms with E-state index in [1.807, 2.05) is 29.2 Å². The van der Waals surface area contributed by atoms with Gasteiger partial charge in [-0.3, -0.25) is 9.69 Å². The van der Waals surface area contributed by atoms with Crippen molar-refractivity contribution in [1.82, 2.24) is 9.80 Å². The summed E-state index contributed by atoms with van der Waals surface area (Å²) in [7, 11) is 0. The highest BCUT2D eigenvalue weighted by Gasteiger charge is 2.24. The molecule has 2 fully saturated rings. The minimum atomic E-state index is 0.245. The van der Waals surface area contributed by atoms with E-state index >= 15 is 0 Å². The molecule has 0 bridgehead atoms. The summed E-state index contributed by atoms with van der Waals surface area (Å²) in [4.78, 5) is 16.8. The van der Waals surface area contributed by atoms with Gasteiger partial charge in [0.1, 0.15) is 5.75 Å². The first-order valence-electron chi connectivity index (χ1n) is 9.21. The van der Waals surface area contributed by atoms with E-state index in [1.54, 1.807) is 0 Å². The third-order valence-corrected chi connectivity index (χ3v) is 5.30. The Morgan fingerprint density at radius 1 is 1.28 bits per heavy atom. The smallest absolute Gasteiger partial charge is 0.222 e. The Balaban J connectivity index is 1.30. The summed E-state index contributed by atoms with van der Waals surface area (Å²) >= 11 is 3.43. The van der Waals surface area contributed by atoms with E-state index < -0.39 is 0 Å². The molecule has 6 heteroatoms. The fourth-order valence-electron chi connectivity index (χ4n) is 3.38. The third kappa shape index (κ3) is 5.97. The van der Waals surface area contributed by atoms with E-state index in [-0.39, 0.29) is 5.91 Å². The second-order valence-electron chi connectivity index (χ2n) is 6.73. The quantitative estimate of drug-likeness (QED) is 0.648. The van der Waals surface area contributed by atoms with E-state index in [2.05, 4.69) is 20.8 Å². The van der Waals surface area contributed by atoms with Crippen LogP contribution in [0.5, 0.6) is 5.75 Å². The van der Waals surface area contributed by atoms with Crippen molar-refractivity contribution in [2.45, 2.75) is 31.8 Å². The molecule has 0 N–H and O–H groups in total. The molecule has 0 saturated carbocycles. The highest BCUT2D eigenvalue weighted by Crippen LogP contribution is 2.18. The lowest BCUT2D eigenvalue weighted by Gasteiger charge is -2.35. The van der Waals surface area contributed by atoms with Crippen LogP contribution in [0, 0.1) is 0 Å². The Labute approximate surface area is 158 Å². The van der Waals surface area contributed by atoms with Gasteiger partial charge >= 0.3 is 0 Å². The molecule has 5 nitrogen and oxygen atoms in total. The van der Waals surface area contributed by atoms with E-state index in [0.717, 1.165) is 56.0 Å². The molecule has 3 rings (SSSR count). The van der Waals surface area contributed by atoms with Gasteiger partial charge in [-0.25, -0.2) is 0 Å². The van der Waals surface area contributed by atoms with Gasteiger partial charge in [-0.2, -0.15) is 0 Å². The lowest BCUT2D eigenvalue weighted by molar-refractivity contribution is -0.133. The van der Waals surface area contributed by atoms with E-state index in [9.17, 15) is 4.79 Å². The van der Waals surface area contributed by atoms with Crippen LogP contribution in [0.4, 0.5) is 0 Å². The Kier molecular flexibility index (Phi) is 7.13. The largest absolute Gasteiger partial charge is 0.494 e. The van der Waals surface area contributed by atoms with Crippen molar-refractivity contribution in [1.29, 1.82) is 0 Å². The van der Waals surface area contributed by atoms with Gasteiger partial charge in [-0.05, 0) is 37.5 Å². The van der Waals surface area contributed by atoms with E-state index in [1.165, 1.54) is 12.8 Å². The fourth-order valence-corrected chi connectivity index (χ4v) is 3.76. The van der Waals surface area contributed by atoms with Gasteiger partial charge in [0.05, 0.1) is 12.7 Å². The van der Waals surface area contributed by atoms with Crippen molar-refractivity contribution in [2.24, 2.45) is 0 Å². The molecule has 0 spiro atoms. The van der Waals surface area contributed by atoms with Crippen LogP contribution in [0.2, 0.25) is 0 Å². The Morgan fingerprint density at radius 2 is 2.12 bits per heavy atom. The van der Waals surface area contributed by atoms with Gasteiger partial charge < -0.3 is 14.4 Å². The number of hydrogen-bond acceptors (Lipinski definition) is 4. The zero-order valence-electron chi connectivity index (χ0n) is 14.7. The minimum absolute atomic E-state index is 0.245. The van der Waals surface area contributed by atoms with Crippen molar-refractivity contribution >= 4 is 21.8 Å². The van der Waals surface area contributed by atoms with Crippen LogP contribution in [0.25, 0.3) is 0 Å². The van der Waals surface area contributed by atoms with Crippen molar-refractivity contribution in [3.8, 4) is 5.75 Å². The first-order chi connectivity index (χ1) is 12.2. The number of ether oxygens (including phenoxy) is 2. The standard InChI is InChI=1S/C19H27BrN2O3/c20-16-4-1-5-17(14-16)24-13-3-7-19(23)22-10-8-21(9-11-22)15-18-6-2-12-25-18/h1,4-5,14,18H,2-3,6-13,15H2. The fraction of sp³-hybridized carbons (Fsp3) is 0.632. The van der Waals surface area contributed by atoms with Crippen LogP contribution in [0.15, 0.2) is 28.7 Å². The molecule has 2 saturated heterocycles. The second-order valence-corrected chi connectivity index (χ2v) is 7.64. The number of amides is 1. The maximum Gasteiger partial charge on any atom is 0.222 e. The average molecular weight is 411 g/mol. The number of carbonyl (C=O) groups excluding carboxylic acids is 1. The predicted octanol–water partition coefficient (Wildman–Crippen LogP) is 2.93. The molecule has 2 heterocycles. The van der Waals surface area contributed by atoms with Crippen molar-refractivity contribution < 1.29 is 14.3 Å². The van der Waals surface area contributed by atoms with E-state index in [0.29, 0.717) is 19.1 Å². The molecule has 0 radical (unpaired) electrons. The molecular formula is C19H27BrN2O3. The maximum atomic E-state index is 12.3. The minimum Gasteiger partial charge on any atom is -0.494 e. The molecule has 0 aromatic heterocycles. The first-order valence-corrected chi connectivity index (χ1v) is 10.00. The summed E-state index contributed by atoms with van der Waals surface area (Å²) in [6, 6.07) is 7.78. The van der Waals surface area contributed by atoms with Crippen molar-refractivity contribution in [2.75, 3.05) is 45.9 Å². The molecule has 2 aliphatic rings. The van der Waals surface area contributed by atoms with Gasteiger partial charge in [-0.15, -0.1) is 0 Å². The summed E-state index contributed by atoms with van der Waals surface area (Å²) < 4.78 is 12.4. The van der Waals surface area contributed by atoms with Gasteiger partial charge in [0.15, 0.2) is 0 Å². The van der Waals surface area contributed by atoms with Crippen LogP contribution < -0.4 is 4.74 Å². The summed E-state index contributed by atoms with van der Waals surface area (Å²) in [5.74, 6) is 1.08. The number of carbonyl (C=O) groups is 1. The summed E-state index contributed by atoms with van der Waals surface area (Å²) in [6.45, 7) is 6.07. The van der Waals surface area contributed by atoms with Crippen LogP contribution >= 0.6 is 15.9 Å². The molecule has 1 amide bonds. The topological polar surface area (TPSA) is 42.0 Å². The molecule has 1 unspecified atom stereocenters. The molecule has 1 aromatic rings. The third-order valence-electron chi connectivity index (χ3n) is 4.81. The Morgan fingerprint density at radius 3 is 2.84 bits per heavy atom. The molecular weight excluding hydrogens is 384 g/mol. The van der Waals surface area contributed by atoms with Crippen LogP contribution in [-0.4, -0.2) is 67.7 Å². The van der Waals surface area contributed by atoms with Gasteiger partial charge in [-0.1, -0.05) is 22.0 Å². The zero-order valence-corrected chi connectivity index (χ0v) is 16.2. The highest BCUT2D eigenvalue weighted by molar-refractivity contribution is 9.10. The number of piperazine rings is 1. The van der Waals surface area contributed by atoms with Gasteiger partial charge in [0.2, 0.25) is 5.91 Å². The van der Waals surface area contributed by atoms with E-state index in [4.69, 9.17) is 9.47 Å². The van der Waals surface area contributed by atoms with Gasteiger partial charge in [0.25, 0.3) is 0 Å². The first kappa shape index (κ1) is 18.7. The molecule has 1 aromatic carbocycles. The Hall–Kier alpha value is -1.11. The van der Waals surface area contributed by atoms with Crippen LogP contribution in [-0.2, 0) is 9.53 Å². The normalized spacial score (nSPS) is 21.5. The summed E-state index contributed by atoms with van der Waals surface area (Å²) in [6.07, 6.45) is 4.07. The number of rotatable bonds is 7. The monoisotopic (exact) mass is 410 g/mol. The highest BCUT2D eigenvalue weighted by atomic mass is 79.9. The van der Waals surface area contributed by atoms with Crippen molar-refractivity contribution in [3.63, 3.8) is 0 Å². The molecule has 138 valence electrons.